The maximum absolute atomic E-state index is 12.5. The maximum atomic E-state index is 12.5. The minimum atomic E-state index is -0.545. The molecule has 1 unspecified atom stereocenters. The van der Waals surface area contributed by atoms with E-state index in [1.165, 1.54) is 5.56 Å². The van der Waals surface area contributed by atoms with Gasteiger partial charge in [0.1, 0.15) is 0 Å². The van der Waals surface area contributed by atoms with Crippen LogP contribution in [0.15, 0.2) is 18.3 Å². The summed E-state index contributed by atoms with van der Waals surface area (Å²) in [6, 6.07) is 4.04. The molecule has 0 spiro atoms. The summed E-state index contributed by atoms with van der Waals surface area (Å²) in [4.78, 5) is 16.9. The Labute approximate surface area is 101 Å². The van der Waals surface area contributed by atoms with E-state index in [-0.39, 0.29) is 11.7 Å². The second kappa shape index (κ2) is 3.91. The van der Waals surface area contributed by atoms with Crippen molar-refractivity contribution in [1.82, 2.24) is 4.98 Å². The number of Topliss-reactive ketones (excluding diaryl/α,β-unsaturated/α-hetero) is 1. The van der Waals surface area contributed by atoms with Crippen LogP contribution in [0, 0.1) is 0 Å². The van der Waals surface area contributed by atoms with E-state index in [0.29, 0.717) is 0 Å². The maximum Gasteiger partial charge on any atom is 0.161 e. The Kier molecular flexibility index (Phi) is 2.51. The normalized spacial score (nSPS) is 25.8. The molecule has 1 heterocycles. The molecule has 90 valence electrons. The fourth-order valence-electron chi connectivity index (χ4n) is 3.02. The molecule has 1 aromatic heterocycles. The van der Waals surface area contributed by atoms with Crippen molar-refractivity contribution in [2.24, 2.45) is 5.73 Å². The zero-order valence-corrected chi connectivity index (χ0v) is 9.98. The van der Waals surface area contributed by atoms with Gasteiger partial charge in [0.15, 0.2) is 5.78 Å². The topological polar surface area (TPSA) is 56.0 Å². The van der Waals surface area contributed by atoms with Gasteiger partial charge >= 0.3 is 0 Å². The summed E-state index contributed by atoms with van der Waals surface area (Å²) in [6.07, 6.45) is 7.62. The Morgan fingerprint density at radius 1 is 1.41 bits per heavy atom. The van der Waals surface area contributed by atoms with Crippen molar-refractivity contribution in [3.05, 3.63) is 29.6 Å². The van der Waals surface area contributed by atoms with E-state index in [9.17, 15) is 4.79 Å². The quantitative estimate of drug-likeness (QED) is 0.844. The number of pyridine rings is 1. The molecule has 3 nitrogen and oxygen atoms in total. The summed E-state index contributed by atoms with van der Waals surface area (Å²) in [5, 5.41) is 0. The highest BCUT2D eigenvalue weighted by atomic mass is 16.1. The lowest BCUT2D eigenvalue weighted by Crippen LogP contribution is -2.55. The lowest BCUT2D eigenvalue weighted by atomic mass is 9.68. The van der Waals surface area contributed by atoms with Gasteiger partial charge in [-0.2, -0.15) is 0 Å². The molecule has 1 saturated carbocycles. The molecule has 3 rings (SSSR count). The van der Waals surface area contributed by atoms with E-state index in [1.807, 2.05) is 6.07 Å². The zero-order valence-electron chi connectivity index (χ0n) is 9.98. The molecule has 1 atom stereocenters. The molecule has 0 bridgehead atoms. The van der Waals surface area contributed by atoms with Crippen LogP contribution in [-0.2, 0) is 11.2 Å². The number of nitrogens with zero attached hydrogens (tertiary/aromatic N) is 1. The van der Waals surface area contributed by atoms with Crippen molar-refractivity contribution >= 4 is 5.78 Å². The molecule has 1 aromatic rings. The van der Waals surface area contributed by atoms with Gasteiger partial charge in [-0.15, -0.1) is 0 Å². The number of hydrogen-bond acceptors (Lipinski definition) is 3. The predicted octanol–water partition coefficient (Wildman–Crippen LogP) is 1.95. The minimum absolute atomic E-state index is 0.0507. The molecule has 3 heteroatoms. The molecule has 2 aliphatic carbocycles. The van der Waals surface area contributed by atoms with Crippen LogP contribution >= 0.6 is 0 Å². The Morgan fingerprint density at radius 2 is 2.24 bits per heavy atom. The second-order valence-electron chi connectivity index (χ2n) is 5.37. The van der Waals surface area contributed by atoms with Gasteiger partial charge in [0.05, 0.1) is 17.2 Å². The number of aromatic nitrogens is 1. The number of aryl methyl sites for hydroxylation is 1. The average molecular weight is 230 g/mol. The van der Waals surface area contributed by atoms with Gasteiger partial charge in [0, 0.05) is 6.20 Å². The van der Waals surface area contributed by atoms with E-state index >= 15 is 0 Å². The van der Waals surface area contributed by atoms with E-state index in [4.69, 9.17) is 5.73 Å². The van der Waals surface area contributed by atoms with Gasteiger partial charge in [0.2, 0.25) is 0 Å². The number of carbonyl (C=O) groups excluding carboxylic acids is 1. The third-order valence-electron chi connectivity index (χ3n) is 4.25. The molecular formula is C14H18N2O. The van der Waals surface area contributed by atoms with Crippen LogP contribution in [-0.4, -0.2) is 16.3 Å². The van der Waals surface area contributed by atoms with Crippen LogP contribution in [0.4, 0.5) is 0 Å². The van der Waals surface area contributed by atoms with Gasteiger partial charge < -0.3 is 5.73 Å². The highest BCUT2D eigenvalue weighted by Gasteiger charge is 2.44. The van der Waals surface area contributed by atoms with Gasteiger partial charge in [0.25, 0.3) is 0 Å². The lowest BCUT2D eigenvalue weighted by Gasteiger charge is -2.39. The predicted molar refractivity (Wildman–Crippen MR) is 65.7 cm³/mol. The summed E-state index contributed by atoms with van der Waals surface area (Å²) in [6.45, 7) is 0. The highest BCUT2D eigenvalue weighted by molar-refractivity contribution is 5.94. The van der Waals surface area contributed by atoms with Gasteiger partial charge in [-0.1, -0.05) is 6.07 Å². The summed E-state index contributed by atoms with van der Waals surface area (Å²) in [5.74, 6) is 0.175. The highest BCUT2D eigenvalue weighted by Crippen LogP contribution is 2.39. The molecule has 0 aromatic carbocycles. The first-order valence-electron chi connectivity index (χ1n) is 6.48. The van der Waals surface area contributed by atoms with E-state index in [0.717, 1.165) is 44.2 Å². The fraction of sp³-hybridized carbons (Fsp3) is 0.571. The van der Waals surface area contributed by atoms with Gasteiger partial charge in [-0.05, 0) is 50.2 Å². The number of nitrogens with two attached hydrogens (primary N) is 1. The van der Waals surface area contributed by atoms with Crippen molar-refractivity contribution in [3.8, 4) is 0 Å². The number of ketones is 1. The Balaban J connectivity index is 1.92. The largest absolute Gasteiger partial charge is 0.319 e. The summed E-state index contributed by atoms with van der Waals surface area (Å²) < 4.78 is 0. The zero-order chi connectivity index (χ0) is 11.9. The van der Waals surface area contributed by atoms with Crippen molar-refractivity contribution in [2.75, 3.05) is 0 Å². The Morgan fingerprint density at radius 3 is 2.94 bits per heavy atom. The molecule has 0 radical (unpaired) electrons. The van der Waals surface area contributed by atoms with Crippen LogP contribution < -0.4 is 5.73 Å². The Hall–Kier alpha value is -1.22. The van der Waals surface area contributed by atoms with E-state index < -0.39 is 5.54 Å². The number of rotatable bonds is 2. The van der Waals surface area contributed by atoms with Crippen molar-refractivity contribution in [3.63, 3.8) is 0 Å². The molecular weight excluding hydrogens is 212 g/mol. The molecule has 2 aliphatic rings. The number of hydrogen-bond donors (Lipinski definition) is 1. The van der Waals surface area contributed by atoms with Crippen molar-refractivity contribution in [1.29, 1.82) is 0 Å². The first-order valence-corrected chi connectivity index (χ1v) is 6.48. The molecule has 17 heavy (non-hydrogen) atoms. The molecule has 2 N–H and O–H groups in total. The molecule has 1 fully saturated rings. The van der Waals surface area contributed by atoms with Crippen molar-refractivity contribution in [2.45, 2.75) is 50.0 Å². The number of fused-ring (bicyclic) bond motifs is 1. The third-order valence-corrected chi connectivity index (χ3v) is 4.25. The molecule has 0 amide bonds. The Bertz CT molecular complexity index is 451. The monoisotopic (exact) mass is 230 g/mol. The number of carbonyl (C=O) groups is 1. The molecule has 0 saturated heterocycles. The lowest BCUT2D eigenvalue weighted by molar-refractivity contribution is -0.129. The summed E-state index contributed by atoms with van der Waals surface area (Å²) in [7, 11) is 0. The van der Waals surface area contributed by atoms with Crippen LogP contribution in [0.5, 0.6) is 0 Å². The molecule has 0 aliphatic heterocycles. The van der Waals surface area contributed by atoms with Crippen LogP contribution in [0.25, 0.3) is 0 Å². The minimum Gasteiger partial charge on any atom is -0.319 e. The van der Waals surface area contributed by atoms with Gasteiger partial charge in [-0.25, -0.2) is 0 Å². The first kappa shape index (κ1) is 10.9. The SMILES string of the molecule is NC1(C(=O)C2CCCc3cccnc32)CCC1. The van der Waals surface area contributed by atoms with Crippen molar-refractivity contribution < 1.29 is 4.79 Å². The van der Waals surface area contributed by atoms with E-state index in [2.05, 4.69) is 11.1 Å². The van der Waals surface area contributed by atoms with E-state index in [1.54, 1.807) is 6.20 Å². The average Bonchev–Trinajstić information content (AvgIpc) is 2.34. The second-order valence-corrected chi connectivity index (χ2v) is 5.37. The van der Waals surface area contributed by atoms with Crippen LogP contribution in [0.1, 0.15) is 49.3 Å². The third kappa shape index (κ3) is 1.69. The standard InChI is InChI=1S/C14H18N2O/c15-14(7-3-8-14)13(17)11-6-1-4-10-5-2-9-16-12(10)11/h2,5,9,11H,1,3-4,6-8,15H2. The van der Waals surface area contributed by atoms with Crippen LogP contribution in [0.2, 0.25) is 0 Å². The van der Waals surface area contributed by atoms with Crippen LogP contribution in [0.3, 0.4) is 0 Å². The summed E-state index contributed by atoms with van der Waals surface area (Å²) >= 11 is 0. The van der Waals surface area contributed by atoms with Gasteiger partial charge in [-0.3, -0.25) is 9.78 Å². The summed E-state index contributed by atoms with van der Waals surface area (Å²) in [5.41, 5.74) is 7.83. The fourth-order valence-corrected chi connectivity index (χ4v) is 3.02. The first-order chi connectivity index (χ1) is 8.21. The smallest absolute Gasteiger partial charge is 0.161 e.